The van der Waals surface area contributed by atoms with E-state index in [0.29, 0.717) is 0 Å². The van der Waals surface area contributed by atoms with Gasteiger partial charge in [0.25, 0.3) is 0 Å². The van der Waals surface area contributed by atoms with E-state index in [1.165, 1.54) is 15.3 Å². The van der Waals surface area contributed by atoms with Crippen LogP contribution in [0.3, 0.4) is 0 Å². The first-order chi connectivity index (χ1) is 10.3. The molecular weight excluding hydrogens is 276 g/mol. The van der Waals surface area contributed by atoms with Crippen LogP contribution in [0.25, 0.3) is 10.4 Å². The first kappa shape index (κ1) is 14.0. The van der Waals surface area contributed by atoms with E-state index in [0.717, 1.165) is 12.2 Å². The predicted molar refractivity (Wildman–Crippen MR) is 89.2 cm³/mol. The van der Waals surface area contributed by atoms with E-state index in [1.807, 2.05) is 35.7 Å². The maximum absolute atomic E-state index is 4.38. The monoisotopic (exact) mass is 294 g/mol. The average molecular weight is 294 g/mol. The fourth-order valence-corrected chi connectivity index (χ4v) is 3.18. The highest BCUT2D eigenvalue weighted by molar-refractivity contribution is 7.15. The zero-order valence-corrected chi connectivity index (χ0v) is 12.8. The van der Waals surface area contributed by atoms with Crippen LogP contribution in [-0.2, 0) is 6.54 Å². The first-order valence-electron chi connectivity index (χ1n) is 7.11. The summed E-state index contributed by atoms with van der Waals surface area (Å²) >= 11 is 1.84. The zero-order chi connectivity index (χ0) is 14.5. The van der Waals surface area contributed by atoms with Gasteiger partial charge in [-0.1, -0.05) is 36.4 Å². The van der Waals surface area contributed by atoms with Crippen LogP contribution in [0.5, 0.6) is 0 Å². The summed E-state index contributed by atoms with van der Waals surface area (Å²) in [5.41, 5.74) is 2.36. The summed E-state index contributed by atoms with van der Waals surface area (Å²) in [6.07, 6.45) is 1.84. The Kier molecular flexibility index (Phi) is 4.43. The van der Waals surface area contributed by atoms with Crippen LogP contribution in [-0.4, -0.2) is 4.98 Å². The molecule has 0 spiro atoms. The number of benzene rings is 1. The van der Waals surface area contributed by atoms with Crippen molar-refractivity contribution in [3.8, 4) is 10.4 Å². The van der Waals surface area contributed by atoms with Crippen LogP contribution < -0.4 is 5.32 Å². The summed E-state index contributed by atoms with van der Waals surface area (Å²) in [7, 11) is 0. The van der Waals surface area contributed by atoms with Gasteiger partial charge in [-0.25, -0.2) is 0 Å². The quantitative estimate of drug-likeness (QED) is 0.740. The van der Waals surface area contributed by atoms with E-state index in [4.69, 9.17) is 0 Å². The van der Waals surface area contributed by atoms with Gasteiger partial charge in [0.05, 0.1) is 5.69 Å². The highest BCUT2D eigenvalue weighted by atomic mass is 32.1. The second kappa shape index (κ2) is 6.66. The minimum absolute atomic E-state index is 0.258. The van der Waals surface area contributed by atoms with Gasteiger partial charge < -0.3 is 5.32 Å². The molecule has 0 saturated heterocycles. The molecule has 0 aliphatic heterocycles. The Balaban J connectivity index is 1.63. The molecule has 2 heterocycles. The predicted octanol–water partition coefficient (Wildman–Crippen LogP) is 4.66. The smallest absolute Gasteiger partial charge is 0.0570 e. The molecule has 21 heavy (non-hydrogen) atoms. The maximum Gasteiger partial charge on any atom is 0.0570 e. The Morgan fingerprint density at radius 3 is 2.57 bits per heavy atom. The molecule has 3 heteroatoms. The van der Waals surface area contributed by atoms with E-state index in [1.54, 1.807) is 0 Å². The van der Waals surface area contributed by atoms with E-state index in [2.05, 4.69) is 59.7 Å². The number of thiophene rings is 1. The van der Waals surface area contributed by atoms with Crippen LogP contribution >= 0.6 is 11.3 Å². The normalized spacial score (nSPS) is 12.2. The van der Waals surface area contributed by atoms with Gasteiger partial charge in [-0.2, -0.15) is 0 Å². The van der Waals surface area contributed by atoms with E-state index in [-0.39, 0.29) is 6.04 Å². The van der Waals surface area contributed by atoms with Gasteiger partial charge in [0.1, 0.15) is 0 Å². The van der Waals surface area contributed by atoms with Crippen molar-refractivity contribution >= 4 is 11.3 Å². The Labute approximate surface area is 129 Å². The average Bonchev–Trinajstić information content (AvgIpc) is 3.03. The summed E-state index contributed by atoms with van der Waals surface area (Å²) in [6.45, 7) is 3.02. The van der Waals surface area contributed by atoms with E-state index >= 15 is 0 Å². The SMILES string of the molecule is C[C@@H](NCc1ccc(-c2ccccc2)s1)c1ccccn1. The minimum Gasteiger partial charge on any atom is -0.304 e. The number of nitrogens with zero attached hydrogens (tertiary/aromatic N) is 1. The molecule has 3 aromatic rings. The second-order valence-corrected chi connectivity index (χ2v) is 6.16. The third-order valence-electron chi connectivity index (χ3n) is 3.43. The highest BCUT2D eigenvalue weighted by Crippen LogP contribution is 2.28. The molecule has 0 aliphatic carbocycles. The van der Waals surface area contributed by atoms with Crippen molar-refractivity contribution in [2.24, 2.45) is 0 Å². The molecule has 3 rings (SSSR count). The van der Waals surface area contributed by atoms with Crippen molar-refractivity contribution in [3.63, 3.8) is 0 Å². The van der Waals surface area contributed by atoms with Gasteiger partial charge >= 0.3 is 0 Å². The number of rotatable bonds is 5. The molecule has 0 aliphatic rings. The minimum atomic E-state index is 0.258. The third kappa shape index (κ3) is 3.57. The molecule has 106 valence electrons. The van der Waals surface area contributed by atoms with Gasteiger partial charge in [-0.05, 0) is 36.8 Å². The van der Waals surface area contributed by atoms with Crippen LogP contribution in [0.4, 0.5) is 0 Å². The Bertz CT molecular complexity index is 677. The van der Waals surface area contributed by atoms with Gasteiger partial charge in [-0.3, -0.25) is 4.98 Å². The standard InChI is InChI=1S/C18H18N2S/c1-14(17-9-5-6-12-19-17)20-13-16-10-11-18(21-16)15-7-3-2-4-8-15/h2-12,14,20H,13H2,1H3/t14-/m1/s1. The van der Waals surface area contributed by atoms with Gasteiger partial charge in [-0.15, -0.1) is 11.3 Å². The molecule has 0 radical (unpaired) electrons. The van der Waals surface area contributed by atoms with Crippen LogP contribution in [0, 0.1) is 0 Å². The summed E-state index contributed by atoms with van der Waals surface area (Å²) in [5.74, 6) is 0. The van der Waals surface area contributed by atoms with Crippen molar-refractivity contribution in [3.05, 3.63) is 77.4 Å². The molecule has 0 bridgehead atoms. The summed E-state index contributed by atoms with van der Waals surface area (Å²) in [4.78, 5) is 7.05. The van der Waals surface area contributed by atoms with Crippen LogP contribution in [0.1, 0.15) is 23.5 Å². The second-order valence-electron chi connectivity index (χ2n) is 4.99. The molecule has 2 nitrogen and oxygen atoms in total. The number of nitrogens with one attached hydrogen (secondary N) is 1. The number of aromatic nitrogens is 1. The molecule has 0 fully saturated rings. The molecule has 1 N–H and O–H groups in total. The molecule has 0 unspecified atom stereocenters. The maximum atomic E-state index is 4.38. The highest BCUT2D eigenvalue weighted by Gasteiger charge is 2.07. The van der Waals surface area contributed by atoms with Gasteiger partial charge in [0, 0.05) is 28.5 Å². The molecular formula is C18H18N2S. The Morgan fingerprint density at radius 2 is 1.81 bits per heavy atom. The summed E-state index contributed by atoms with van der Waals surface area (Å²) < 4.78 is 0. The van der Waals surface area contributed by atoms with Crippen molar-refractivity contribution in [2.45, 2.75) is 19.5 Å². The summed E-state index contributed by atoms with van der Waals surface area (Å²) in [6, 6.07) is 21.2. The van der Waals surface area contributed by atoms with E-state index in [9.17, 15) is 0 Å². The molecule has 0 amide bonds. The zero-order valence-electron chi connectivity index (χ0n) is 12.0. The molecule has 1 aromatic carbocycles. The topological polar surface area (TPSA) is 24.9 Å². The lowest BCUT2D eigenvalue weighted by molar-refractivity contribution is 0.565. The van der Waals surface area contributed by atoms with E-state index < -0.39 is 0 Å². The van der Waals surface area contributed by atoms with Gasteiger partial charge in [0.15, 0.2) is 0 Å². The number of hydrogen-bond acceptors (Lipinski definition) is 3. The van der Waals surface area contributed by atoms with Crippen LogP contribution in [0.2, 0.25) is 0 Å². The van der Waals surface area contributed by atoms with Crippen molar-refractivity contribution in [2.75, 3.05) is 0 Å². The molecule has 0 saturated carbocycles. The fraction of sp³-hybridized carbons (Fsp3) is 0.167. The van der Waals surface area contributed by atoms with Crippen molar-refractivity contribution < 1.29 is 0 Å². The number of hydrogen-bond donors (Lipinski definition) is 1. The lowest BCUT2D eigenvalue weighted by atomic mass is 10.2. The first-order valence-corrected chi connectivity index (χ1v) is 7.93. The lowest BCUT2D eigenvalue weighted by Crippen LogP contribution is -2.18. The van der Waals surface area contributed by atoms with Crippen molar-refractivity contribution in [1.29, 1.82) is 0 Å². The Morgan fingerprint density at radius 1 is 1.00 bits per heavy atom. The Hall–Kier alpha value is -1.97. The van der Waals surface area contributed by atoms with Crippen molar-refractivity contribution in [1.82, 2.24) is 10.3 Å². The summed E-state index contributed by atoms with van der Waals surface area (Å²) in [5, 5.41) is 3.53. The van der Waals surface area contributed by atoms with Crippen LogP contribution in [0.15, 0.2) is 66.9 Å². The fourth-order valence-electron chi connectivity index (χ4n) is 2.22. The molecule has 1 atom stereocenters. The molecule has 2 aromatic heterocycles. The largest absolute Gasteiger partial charge is 0.304 e. The third-order valence-corrected chi connectivity index (χ3v) is 4.57. The number of pyridine rings is 1. The van der Waals surface area contributed by atoms with Gasteiger partial charge in [0.2, 0.25) is 0 Å². The lowest BCUT2D eigenvalue weighted by Gasteiger charge is -2.12.